The van der Waals surface area contributed by atoms with Crippen LogP contribution in [0.1, 0.15) is 134 Å². The van der Waals surface area contributed by atoms with Crippen LogP contribution in [0.15, 0.2) is 130 Å². The minimum atomic E-state index is 0.124. The molecule has 0 saturated heterocycles. The average Bonchev–Trinajstić information content (AvgIpc) is 4.40. The van der Waals surface area contributed by atoms with Gasteiger partial charge in [0.15, 0.2) is 11.8 Å². The summed E-state index contributed by atoms with van der Waals surface area (Å²) in [5.41, 5.74) is 14.2. The third kappa shape index (κ3) is 16.5. The summed E-state index contributed by atoms with van der Waals surface area (Å²) in [5.74, 6) is 2.71. The van der Waals surface area contributed by atoms with Crippen LogP contribution in [0.3, 0.4) is 0 Å². The molecule has 10 heterocycles. The zero-order chi connectivity index (χ0) is 57.8. The number of ether oxygens (including phenoxy) is 4. The molecule has 6 aromatic heterocycles. The van der Waals surface area contributed by atoms with Gasteiger partial charge in [0.2, 0.25) is 0 Å². The average molecular weight is 1080 g/mol. The van der Waals surface area contributed by atoms with Gasteiger partial charge in [-0.1, -0.05) is 107 Å². The Bertz CT molecular complexity index is 3110. The highest BCUT2D eigenvalue weighted by molar-refractivity contribution is 6.36. The van der Waals surface area contributed by atoms with Crippen molar-refractivity contribution in [1.29, 1.82) is 0 Å². The van der Waals surface area contributed by atoms with Crippen molar-refractivity contribution in [3.63, 3.8) is 0 Å². The zero-order valence-electron chi connectivity index (χ0n) is 50.3. The summed E-state index contributed by atoms with van der Waals surface area (Å²) in [6.45, 7) is 39.0. The molecule has 4 aliphatic rings. The second kappa shape index (κ2) is 26.2. The quantitative estimate of drug-likeness (QED) is 0.146. The number of benzene rings is 1. The molecule has 11 rings (SSSR count). The number of pyridine rings is 6. The highest BCUT2D eigenvalue weighted by Gasteiger charge is 2.34. The molecule has 0 N–H and O–H groups in total. The van der Waals surface area contributed by atoms with Crippen LogP contribution in [0, 0.1) is 38.5 Å². The minimum absolute atomic E-state index is 0.124. The normalized spacial score (nSPS) is 16.8. The van der Waals surface area contributed by atoms with Crippen LogP contribution in [-0.2, 0) is 36.2 Å². The molecule has 14 nitrogen and oxygen atoms in total. The van der Waals surface area contributed by atoms with Crippen molar-refractivity contribution in [2.75, 3.05) is 39.5 Å². The van der Waals surface area contributed by atoms with Crippen LogP contribution in [-0.4, -0.2) is 105 Å². The maximum atomic E-state index is 5.66. The number of fused-ring (bicyclic) bond motifs is 3. The van der Waals surface area contributed by atoms with Gasteiger partial charge in [-0.05, 0) is 131 Å². The molecule has 422 valence electrons. The van der Waals surface area contributed by atoms with Crippen LogP contribution in [0.5, 0.6) is 0 Å². The van der Waals surface area contributed by atoms with E-state index in [2.05, 4.69) is 197 Å². The number of aryl methyl sites for hydroxylation is 4. The Balaban J connectivity index is 0.000000147. The van der Waals surface area contributed by atoms with Crippen molar-refractivity contribution >= 4 is 45.4 Å². The van der Waals surface area contributed by atoms with E-state index in [-0.39, 0.29) is 33.7 Å². The summed E-state index contributed by atoms with van der Waals surface area (Å²) in [7, 11) is 0. The lowest BCUT2D eigenvalue weighted by Crippen LogP contribution is -2.25. The lowest BCUT2D eigenvalue weighted by atomic mass is 9.86. The number of aliphatic imine (C=N–C) groups is 4. The van der Waals surface area contributed by atoms with Gasteiger partial charge in [0, 0.05) is 65.8 Å². The predicted molar refractivity (Wildman–Crippen MR) is 327 cm³/mol. The molecule has 0 spiro atoms. The second-order valence-electron chi connectivity index (χ2n) is 24.8. The number of nitrogens with zero attached hydrogens (tertiary/aromatic N) is 10. The van der Waals surface area contributed by atoms with E-state index in [0.717, 1.165) is 65.1 Å². The number of aromatic nitrogens is 6. The highest BCUT2D eigenvalue weighted by atomic mass is 16.5. The zero-order valence-corrected chi connectivity index (χ0v) is 50.3. The maximum Gasteiger partial charge on any atom is 0.273 e. The summed E-state index contributed by atoms with van der Waals surface area (Å²) in [5, 5.41) is 2.41. The van der Waals surface area contributed by atoms with Gasteiger partial charge in [0.1, 0.15) is 26.4 Å². The van der Waals surface area contributed by atoms with E-state index in [1.54, 1.807) is 12.4 Å². The summed E-state index contributed by atoms with van der Waals surface area (Å²) in [4.78, 5) is 44.0. The van der Waals surface area contributed by atoms with Crippen LogP contribution < -0.4 is 0 Å². The first-order chi connectivity index (χ1) is 37.8. The molecule has 4 aliphatic heterocycles. The molecular weight excluding hydrogens is 997 g/mol. The van der Waals surface area contributed by atoms with Gasteiger partial charge in [-0.15, -0.1) is 0 Å². The molecule has 80 heavy (non-hydrogen) atoms. The van der Waals surface area contributed by atoms with Crippen molar-refractivity contribution in [3.8, 4) is 11.4 Å². The maximum absolute atomic E-state index is 5.66. The number of hydrogen-bond donors (Lipinski definition) is 0. The van der Waals surface area contributed by atoms with Gasteiger partial charge in [0.05, 0.1) is 54.0 Å². The fraction of sp³-hybridized carbons (Fsp3) is 0.455. The van der Waals surface area contributed by atoms with Gasteiger partial charge >= 0.3 is 0 Å². The molecule has 0 aliphatic carbocycles. The van der Waals surface area contributed by atoms with E-state index in [1.165, 1.54) is 44.2 Å². The topological polar surface area (TPSA) is 164 Å². The summed E-state index contributed by atoms with van der Waals surface area (Å²) in [6.07, 6.45) is 12.6. The standard InChI is InChI=1S/C18H24N2.C16H16N2.C15H26N2O2.C11H10N2.C6H8N2O2/c1-17(2,3)13-7-9-19-15(11-13)16-12-14(8-10-20-16)18(4,5)6;1-9-7-17-15-13(11(9)3)5-6-14-12(4)10(2)8-18-16(14)15;1-14(2,3)10-8-18-12(16-10)7-13-17-11(9-19-13)15(4,5)6;1-3-7-12-10(5-1)9-11-6-2-4-8-13-11;1-3-9-5(7-1)6-8-2-4-10-6/h7-12H,1-6H3;5-8H,1-4H3;10-11H,7-9H2,1-6H3;1-8H,9H2;1-4H2/t;;10-,11-;;/m..0../s1. The molecule has 0 amide bonds. The van der Waals surface area contributed by atoms with Gasteiger partial charge in [-0.25, -0.2) is 20.0 Å². The Kier molecular flexibility index (Phi) is 19.7. The van der Waals surface area contributed by atoms with Crippen molar-refractivity contribution < 1.29 is 18.9 Å². The predicted octanol–water partition coefficient (Wildman–Crippen LogP) is 13.7. The molecule has 7 aromatic rings. The van der Waals surface area contributed by atoms with E-state index < -0.39 is 0 Å². The van der Waals surface area contributed by atoms with Crippen LogP contribution >= 0.6 is 0 Å². The van der Waals surface area contributed by atoms with E-state index in [4.69, 9.17) is 18.9 Å². The van der Waals surface area contributed by atoms with Crippen LogP contribution in [0.25, 0.3) is 33.2 Å². The first-order valence-electron chi connectivity index (χ1n) is 27.9. The lowest BCUT2D eigenvalue weighted by molar-refractivity contribution is 0.228. The Morgan fingerprint density at radius 3 is 1.19 bits per heavy atom. The van der Waals surface area contributed by atoms with Gasteiger partial charge in [-0.3, -0.25) is 29.9 Å². The molecule has 14 heteroatoms. The first-order valence-corrected chi connectivity index (χ1v) is 27.9. The third-order valence-electron chi connectivity index (χ3n) is 14.3. The van der Waals surface area contributed by atoms with Crippen LogP contribution in [0.4, 0.5) is 0 Å². The van der Waals surface area contributed by atoms with Crippen molar-refractivity contribution in [2.45, 2.75) is 147 Å². The van der Waals surface area contributed by atoms with Crippen molar-refractivity contribution in [2.24, 2.45) is 30.8 Å². The minimum Gasteiger partial charge on any atom is -0.478 e. The summed E-state index contributed by atoms with van der Waals surface area (Å²) < 4.78 is 21.6. The smallest absolute Gasteiger partial charge is 0.273 e. The molecule has 0 radical (unpaired) electrons. The van der Waals surface area contributed by atoms with E-state index in [0.29, 0.717) is 44.6 Å². The molecule has 0 unspecified atom stereocenters. The largest absolute Gasteiger partial charge is 0.478 e. The highest BCUT2D eigenvalue weighted by Crippen LogP contribution is 2.32. The third-order valence-corrected chi connectivity index (χ3v) is 14.3. The number of hydrogen-bond acceptors (Lipinski definition) is 14. The molecule has 0 fully saturated rings. The van der Waals surface area contributed by atoms with E-state index in [1.807, 2.05) is 61.2 Å². The molecule has 1 aromatic carbocycles. The molecular formula is C66H84N10O4. The SMILES string of the molecule is C1COC(C2=NCCO2)=N1.CC(C)(C)[C@@H]1COC(CC2=N[C@H](C(C)(C)C)CO2)=N1.CC(C)(C)c1ccnc(-c2cc(C(C)(C)C)ccn2)c1.Cc1cnc2c(ccc3c(C)c(C)cnc32)c1C.c1ccc(Cc2ccccn2)nc1. The lowest BCUT2D eigenvalue weighted by Gasteiger charge is -2.21. The second-order valence-corrected chi connectivity index (χ2v) is 24.8. The number of rotatable bonds is 6. The Labute approximate surface area is 475 Å². The molecule has 2 atom stereocenters. The molecule has 0 saturated carbocycles. The van der Waals surface area contributed by atoms with Crippen molar-refractivity contribution in [1.82, 2.24) is 29.9 Å². The van der Waals surface area contributed by atoms with E-state index >= 15 is 0 Å². The summed E-state index contributed by atoms with van der Waals surface area (Å²) >= 11 is 0. The summed E-state index contributed by atoms with van der Waals surface area (Å²) in [6, 6.07) is 25.1. The van der Waals surface area contributed by atoms with Crippen molar-refractivity contribution in [3.05, 3.63) is 155 Å². The molecule has 0 bridgehead atoms. The Hall–Kier alpha value is -7.48. The Morgan fingerprint density at radius 2 is 0.863 bits per heavy atom. The van der Waals surface area contributed by atoms with Gasteiger partial charge in [-0.2, -0.15) is 0 Å². The van der Waals surface area contributed by atoms with Gasteiger partial charge < -0.3 is 18.9 Å². The van der Waals surface area contributed by atoms with Gasteiger partial charge in [0.25, 0.3) is 11.8 Å². The first kappa shape index (κ1) is 60.2. The monoisotopic (exact) mass is 1080 g/mol. The van der Waals surface area contributed by atoms with Crippen LogP contribution in [0.2, 0.25) is 0 Å². The fourth-order valence-corrected chi connectivity index (χ4v) is 8.64. The van der Waals surface area contributed by atoms with E-state index in [9.17, 15) is 0 Å². The fourth-order valence-electron chi connectivity index (χ4n) is 8.64. The Morgan fingerprint density at radius 1 is 0.450 bits per heavy atom.